The predicted molar refractivity (Wildman–Crippen MR) is 64.5 cm³/mol. The fourth-order valence-corrected chi connectivity index (χ4v) is 2.05. The average Bonchev–Trinajstić information content (AvgIpc) is 2.27. The zero-order chi connectivity index (χ0) is 13.9. The van der Waals surface area contributed by atoms with Crippen LogP contribution in [-0.4, -0.2) is 22.5 Å². The summed E-state index contributed by atoms with van der Waals surface area (Å²) in [6.45, 7) is 1.60. The SMILES string of the molecule is CCOC(=O)c1ncc(C(F)F)c([N+](=O)[O-])c1I. The van der Waals surface area contributed by atoms with Crippen LogP contribution in [-0.2, 0) is 4.74 Å². The Balaban J connectivity index is 3.39. The van der Waals surface area contributed by atoms with E-state index in [0.29, 0.717) is 6.20 Å². The number of carbonyl (C=O) groups is 1. The minimum absolute atomic E-state index is 0.0565. The zero-order valence-electron chi connectivity index (χ0n) is 9.02. The van der Waals surface area contributed by atoms with Gasteiger partial charge in [0.2, 0.25) is 0 Å². The Morgan fingerprint density at radius 3 is 2.72 bits per heavy atom. The molecule has 6 nitrogen and oxygen atoms in total. The molecule has 0 N–H and O–H groups in total. The highest BCUT2D eigenvalue weighted by Gasteiger charge is 2.30. The van der Waals surface area contributed by atoms with E-state index < -0.39 is 28.6 Å². The molecule has 9 heteroatoms. The molecule has 0 radical (unpaired) electrons. The molecular weight excluding hydrogens is 365 g/mol. The van der Waals surface area contributed by atoms with Crippen LogP contribution < -0.4 is 0 Å². The fraction of sp³-hybridized carbons (Fsp3) is 0.333. The largest absolute Gasteiger partial charge is 0.461 e. The van der Waals surface area contributed by atoms with Crippen LogP contribution in [0.25, 0.3) is 0 Å². The number of nitro groups is 1. The molecule has 0 unspecified atom stereocenters. The second-order valence-electron chi connectivity index (χ2n) is 3.00. The van der Waals surface area contributed by atoms with Crippen LogP contribution in [0.3, 0.4) is 0 Å². The summed E-state index contributed by atoms with van der Waals surface area (Å²) in [7, 11) is 0. The van der Waals surface area contributed by atoms with Gasteiger partial charge in [-0.15, -0.1) is 0 Å². The lowest BCUT2D eigenvalue weighted by atomic mass is 10.2. The third-order valence-electron chi connectivity index (χ3n) is 1.91. The number of alkyl halides is 2. The molecule has 0 saturated carbocycles. The second kappa shape index (κ2) is 5.98. The van der Waals surface area contributed by atoms with E-state index in [1.807, 2.05) is 0 Å². The summed E-state index contributed by atoms with van der Waals surface area (Å²) >= 11 is 1.43. The Morgan fingerprint density at radius 1 is 1.67 bits per heavy atom. The molecule has 0 aliphatic rings. The Bertz CT molecular complexity index is 496. The highest BCUT2D eigenvalue weighted by Crippen LogP contribution is 2.33. The smallest absolute Gasteiger partial charge is 0.358 e. The molecule has 1 rings (SSSR count). The van der Waals surface area contributed by atoms with Crippen LogP contribution in [0.4, 0.5) is 14.5 Å². The van der Waals surface area contributed by atoms with Crippen molar-refractivity contribution in [2.45, 2.75) is 13.3 Å². The van der Waals surface area contributed by atoms with E-state index in [0.717, 1.165) is 0 Å². The van der Waals surface area contributed by atoms with Crippen LogP contribution in [0, 0.1) is 13.7 Å². The molecule has 0 fully saturated rings. The molecule has 0 atom stereocenters. The molecule has 0 bridgehead atoms. The van der Waals surface area contributed by atoms with Crippen molar-refractivity contribution in [3.63, 3.8) is 0 Å². The standard InChI is InChI=1S/C9H7F2IN2O4/c1-2-18-9(15)6-5(12)7(14(16)17)4(3-13-6)8(10)11/h3,8H,2H2,1H3. The Labute approximate surface area is 114 Å². The van der Waals surface area contributed by atoms with Crippen LogP contribution in [0.15, 0.2) is 6.20 Å². The summed E-state index contributed by atoms with van der Waals surface area (Å²) in [5.41, 5.74) is -1.98. The van der Waals surface area contributed by atoms with Crippen molar-refractivity contribution < 1.29 is 23.2 Å². The molecule has 0 aliphatic heterocycles. The average molecular weight is 372 g/mol. The Morgan fingerprint density at radius 2 is 2.28 bits per heavy atom. The van der Waals surface area contributed by atoms with Crippen molar-refractivity contribution in [2.24, 2.45) is 0 Å². The van der Waals surface area contributed by atoms with Gasteiger partial charge in [-0.05, 0) is 29.5 Å². The van der Waals surface area contributed by atoms with Gasteiger partial charge in [-0.1, -0.05) is 0 Å². The molecule has 0 aliphatic carbocycles. The molecule has 18 heavy (non-hydrogen) atoms. The number of halogens is 3. The van der Waals surface area contributed by atoms with E-state index in [2.05, 4.69) is 9.72 Å². The topological polar surface area (TPSA) is 82.3 Å². The number of hydrogen-bond donors (Lipinski definition) is 0. The number of esters is 1. The van der Waals surface area contributed by atoms with Crippen molar-refractivity contribution in [1.82, 2.24) is 4.98 Å². The Kier molecular flexibility index (Phi) is 4.87. The fourth-order valence-electron chi connectivity index (χ4n) is 1.18. The molecule has 1 aromatic heterocycles. The molecular formula is C9H7F2IN2O4. The zero-order valence-corrected chi connectivity index (χ0v) is 11.2. The lowest BCUT2D eigenvalue weighted by Gasteiger charge is -2.07. The van der Waals surface area contributed by atoms with Crippen molar-refractivity contribution in [3.8, 4) is 0 Å². The van der Waals surface area contributed by atoms with E-state index in [4.69, 9.17) is 0 Å². The number of carbonyl (C=O) groups excluding carboxylic acids is 1. The molecule has 0 amide bonds. The molecule has 0 saturated heterocycles. The quantitative estimate of drug-likeness (QED) is 0.351. The summed E-state index contributed by atoms with van der Waals surface area (Å²) in [5, 5.41) is 10.8. The van der Waals surface area contributed by atoms with E-state index in [9.17, 15) is 23.7 Å². The van der Waals surface area contributed by atoms with Gasteiger partial charge in [0.05, 0.1) is 11.5 Å². The lowest BCUT2D eigenvalue weighted by Crippen LogP contribution is -2.12. The van der Waals surface area contributed by atoms with Crippen LogP contribution >= 0.6 is 22.6 Å². The van der Waals surface area contributed by atoms with Crippen molar-refractivity contribution in [2.75, 3.05) is 6.61 Å². The lowest BCUT2D eigenvalue weighted by molar-refractivity contribution is -0.387. The van der Waals surface area contributed by atoms with E-state index >= 15 is 0 Å². The number of nitrogens with zero attached hydrogens (tertiary/aromatic N) is 2. The summed E-state index contributed by atoms with van der Waals surface area (Å²) in [4.78, 5) is 24.7. The third-order valence-corrected chi connectivity index (χ3v) is 2.93. The summed E-state index contributed by atoms with van der Waals surface area (Å²) in [6.07, 6.45) is -2.42. The minimum Gasteiger partial charge on any atom is -0.461 e. The first kappa shape index (κ1) is 14.7. The van der Waals surface area contributed by atoms with Gasteiger partial charge in [0.15, 0.2) is 5.69 Å². The highest BCUT2D eigenvalue weighted by molar-refractivity contribution is 14.1. The molecule has 0 aromatic carbocycles. The second-order valence-corrected chi connectivity index (χ2v) is 4.08. The maximum absolute atomic E-state index is 12.6. The number of hydrogen-bond acceptors (Lipinski definition) is 5. The van der Waals surface area contributed by atoms with Crippen molar-refractivity contribution in [3.05, 3.63) is 31.1 Å². The first-order chi connectivity index (χ1) is 8.40. The normalized spacial score (nSPS) is 10.5. The minimum atomic E-state index is -3.04. The molecule has 1 heterocycles. The third kappa shape index (κ3) is 2.89. The number of ether oxygens (including phenoxy) is 1. The van der Waals surface area contributed by atoms with Gasteiger partial charge in [0.1, 0.15) is 9.13 Å². The van der Waals surface area contributed by atoms with Crippen molar-refractivity contribution >= 4 is 34.2 Å². The summed E-state index contributed by atoms with van der Waals surface area (Å²) in [5.74, 6) is -0.884. The van der Waals surface area contributed by atoms with Gasteiger partial charge < -0.3 is 4.74 Å². The monoisotopic (exact) mass is 372 g/mol. The Hall–Kier alpha value is -1.39. The predicted octanol–water partition coefficient (Wildman–Crippen LogP) is 2.71. The van der Waals surface area contributed by atoms with Gasteiger partial charge in [-0.2, -0.15) is 0 Å². The van der Waals surface area contributed by atoms with E-state index in [1.165, 1.54) is 22.6 Å². The van der Waals surface area contributed by atoms with Gasteiger partial charge >= 0.3 is 5.97 Å². The van der Waals surface area contributed by atoms with E-state index in [-0.39, 0.29) is 15.9 Å². The van der Waals surface area contributed by atoms with Gasteiger partial charge in [0, 0.05) is 6.20 Å². The van der Waals surface area contributed by atoms with Gasteiger partial charge in [-0.25, -0.2) is 18.6 Å². The first-order valence-electron chi connectivity index (χ1n) is 4.68. The molecule has 1 aromatic rings. The molecule has 98 valence electrons. The first-order valence-corrected chi connectivity index (χ1v) is 5.76. The molecule has 0 spiro atoms. The van der Waals surface area contributed by atoms with Crippen LogP contribution in [0.2, 0.25) is 0 Å². The maximum Gasteiger partial charge on any atom is 0.358 e. The van der Waals surface area contributed by atoms with Crippen LogP contribution in [0.1, 0.15) is 29.4 Å². The maximum atomic E-state index is 12.6. The number of pyridine rings is 1. The number of rotatable bonds is 4. The van der Waals surface area contributed by atoms with Gasteiger partial charge in [0.25, 0.3) is 12.1 Å². The summed E-state index contributed by atoms with van der Waals surface area (Å²) < 4.78 is 29.5. The van der Waals surface area contributed by atoms with Crippen molar-refractivity contribution in [1.29, 1.82) is 0 Å². The highest BCUT2D eigenvalue weighted by atomic mass is 127. The van der Waals surface area contributed by atoms with E-state index in [1.54, 1.807) is 6.92 Å². The summed E-state index contributed by atoms with van der Waals surface area (Å²) in [6, 6.07) is 0. The number of aromatic nitrogens is 1. The van der Waals surface area contributed by atoms with Gasteiger partial charge in [-0.3, -0.25) is 10.1 Å². The van der Waals surface area contributed by atoms with Crippen LogP contribution in [0.5, 0.6) is 0 Å².